The Bertz CT molecular complexity index is 1290. The minimum atomic E-state index is -0.0779. The largest absolute Gasteiger partial charge is 0.373 e. The van der Waals surface area contributed by atoms with Crippen molar-refractivity contribution in [3.05, 3.63) is 99.9 Å². The maximum Gasteiger partial charge on any atom is 0.162 e. The summed E-state index contributed by atoms with van der Waals surface area (Å²) in [4.78, 5) is 19.3. The molecule has 0 radical (unpaired) electrons. The van der Waals surface area contributed by atoms with E-state index >= 15 is 0 Å². The molecule has 2 aromatic carbocycles. The van der Waals surface area contributed by atoms with Crippen molar-refractivity contribution in [1.82, 2.24) is 4.98 Å². The molecule has 0 saturated heterocycles. The molecule has 30 heavy (non-hydrogen) atoms. The number of thiophene rings is 1. The van der Waals surface area contributed by atoms with Crippen LogP contribution in [0.2, 0.25) is 0 Å². The van der Waals surface area contributed by atoms with Crippen LogP contribution in [-0.4, -0.2) is 10.8 Å². The summed E-state index contributed by atoms with van der Waals surface area (Å²) in [6.45, 7) is 0. The number of hydrogen-bond donors (Lipinski definition) is 1. The van der Waals surface area contributed by atoms with Gasteiger partial charge in [-0.05, 0) is 53.1 Å². The van der Waals surface area contributed by atoms with E-state index in [2.05, 4.69) is 70.3 Å². The lowest BCUT2D eigenvalue weighted by atomic mass is 9.72. The van der Waals surface area contributed by atoms with E-state index in [9.17, 15) is 4.79 Å². The third-order valence-corrected chi connectivity index (χ3v) is 7.22. The van der Waals surface area contributed by atoms with Crippen LogP contribution in [-0.2, 0) is 4.79 Å². The van der Waals surface area contributed by atoms with Gasteiger partial charge in [0.2, 0.25) is 0 Å². The van der Waals surface area contributed by atoms with Gasteiger partial charge in [0, 0.05) is 39.7 Å². The van der Waals surface area contributed by atoms with Gasteiger partial charge in [-0.2, -0.15) is 0 Å². The van der Waals surface area contributed by atoms with Gasteiger partial charge in [0.05, 0.1) is 11.6 Å². The van der Waals surface area contributed by atoms with Crippen molar-refractivity contribution in [3.63, 3.8) is 0 Å². The van der Waals surface area contributed by atoms with E-state index < -0.39 is 0 Å². The van der Waals surface area contributed by atoms with Crippen molar-refractivity contribution < 1.29 is 4.79 Å². The number of ketones is 1. The van der Waals surface area contributed by atoms with Gasteiger partial charge < -0.3 is 5.32 Å². The third-order valence-electron chi connectivity index (χ3n) is 6.28. The number of benzene rings is 2. The Kier molecular flexibility index (Phi) is 4.06. The molecule has 0 fully saturated rings. The molecule has 0 saturated carbocycles. The number of fused-ring (bicyclic) bond motifs is 4. The predicted molar refractivity (Wildman–Crippen MR) is 123 cm³/mol. The zero-order chi connectivity index (χ0) is 20.1. The molecule has 6 rings (SSSR count). The number of allylic oxidation sites excluding steroid dienone is 1. The molecule has 4 aromatic rings. The number of hydrogen-bond acceptors (Lipinski definition) is 4. The normalized spacial score (nSPS) is 20.6. The monoisotopic (exact) mass is 408 g/mol. The fraction of sp³-hybridized carbons (Fsp3) is 0.154. The molecule has 2 atom stereocenters. The molecule has 146 valence electrons. The standard InChI is InChI=1S/C26H20N2OS/c29-22-15-17(16-6-2-1-3-7-16)14-19-24-18-8-4-12-27-20(18)10-11-21(24)28-26(25(19)22)23-9-5-13-30-23/h1-13,17,26,28H,14-15H2/t17-,26-/m1/s1. The predicted octanol–water partition coefficient (Wildman–Crippen LogP) is 6.36. The number of nitrogens with zero attached hydrogens (tertiary/aromatic N) is 1. The maximum absolute atomic E-state index is 13.6. The Labute approximate surface area is 179 Å². The average Bonchev–Trinajstić information content (AvgIpc) is 3.33. The first-order chi connectivity index (χ1) is 14.8. The lowest BCUT2D eigenvalue weighted by Crippen LogP contribution is -2.29. The van der Waals surface area contributed by atoms with E-state index in [4.69, 9.17) is 0 Å². The summed E-state index contributed by atoms with van der Waals surface area (Å²) >= 11 is 1.70. The Balaban J connectivity index is 1.59. The molecule has 3 heterocycles. The van der Waals surface area contributed by atoms with Crippen molar-refractivity contribution in [2.45, 2.75) is 24.8 Å². The van der Waals surface area contributed by atoms with Crippen LogP contribution in [0.3, 0.4) is 0 Å². The SMILES string of the molecule is O=C1C[C@H](c2ccccc2)CC2=C1[C@@H](c1cccs1)Nc1ccc3ncccc3c12. The number of anilines is 1. The molecule has 3 nitrogen and oxygen atoms in total. The zero-order valence-electron chi connectivity index (χ0n) is 16.3. The van der Waals surface area contributed by atoms with Crippen molar-refractivity contribution in [2.75, 3.05) is 5.32 Å². The Morgan fingerprint density at radius 1 is 0.933 bits per heavy atom. The molecule has 0 bridgehead atoms. The lowest BCUT2D eigenvalue weighted by Gasteiger charge is -2.37. The van der Waals surface area contributed by atoms with Crippen LogP contribution in [0.4, 0.5) is 5.69 Å². The van der Waals surface area contributed by atoms with E-state index in [0.717, 1.165) is 34.1 Å². The number of pyridine rings is 1. The smallest absolute Gasteiger partial charge is 0.162 e. The van der Waals surface area contributed by atoms with Gasteiger partial charge >= 0.3 is 0 Å². The minimum absolute atomic E-state index is 0.0779. The maximum atomic E-state index is 13.6. The van der Waals surface area contributed by atoms with Crippen LogP contribution in [0.5, 0.6) is 0 Å². The van der Waals surface area contributed by atoms with Gasteiger partial charge in [-0.3, -0.25) is 9.78 Å². The molecule has 0 amide bonds. The second-order valence-electron chi connectivity index (χ2n) is 7.98. The highest BCUT2D eigenvalue weighted by Crippen LogP contribution is 2.51. The number of aromatic nitrogens is 1. The highest BCUT2D eigenvalue weighted by Gasteiger charge is 2.38. The van der Waals surface area contributed by atoms with E-state index in [1.807, 2.05) is 18.3 Å². The molecule has 2 aromatic heterocycles. The molecular formula is C26H20N2OS. The number of nitrogens with one attached hydrogen (secondary N) is 1. The fourth-order valence-corrected chi connectivity index (χ4v) is 5.74. The van der Waals surface area contributed by atoms with Gasteiger partial charge in [-0.15, -0.1) is 11.3 Å². The second-order valence-corrected chi connectivity index (χ2v) is 8.96. The van der Waals surface area contributed by atoms with Crippen molar-refractivity contribution in [2.24, 2.45) is 0 Å². The fourth-order valence-electron chi connectivity index (χ4n) is 4.96. The van der Waals surface area contributed by atoms with Gasteiger partial charge in [0.25, 0.3) is 0 Å². The van der Waals surface area contributed by atoms with E-state index in [0.29, 0.717) is 6.42 Å². The summed E-state index contributed by atoms with van der Waals surface area (Å²) in [7, 11) is 0. The molecule has 1 aliphatic carbocycles. The topological polar surface area (TPSA) is 42.0 Å². The summed E-state index contributed by atoms with van der Waals surface area (Å²) in [5, 5.41) is 6.87. The summed E-state index contributed by atoms with van der Waals surface area (Å²) in [5.41, 5.74) is 6.57. The first-order valence-corrected chi connectivity index (χ1v) is 11.2. The van der Waals surface area contributed by atoms with Gasteiger partial charge in [0.15, 0.2) is 5.78 Å². The Hall–Kier alpha value is -3.24. The number of Topliss-reactive ketones (excluding diaryl/α,β-unsaturated/α-hetero) is 1. The van der Waals surface area contributed by atoms with Gasteiger partial charge in [0.1, 0.15) is 0 Å². The van der Waals surface area contributed by atoms with Crippen LogP contribution in [0.15, 0.2) is 83.9 Å². The Morgan fingerprint density at radius 3 is 2.67 bits per heavy atom. The molecule has 1 aliphatic heterocycles. The molecular weight excluding hydrogens is 388 g/mol. The summed E-state index contributed by atoms with van der Waals surface area (Å²) in [5.74, 6) is 0.460. The van der Waals surface area contributed by atoms with Crippen LogP contribution in [0, 0.1) is 0 Å². The van der Waals surface area contributed by atoms with Crippen LogP contribution >= 0.6 is 11.3 Å². The number of rotatable bonds is 2. The van der Waals surface area contributed by atoms with Crippen molar-refractivity contribution >= 4 is 39.3 Å². The van der Waals surface area contributed by atoms with E-state index in [1.165, 1.54) is 16.0 Å². The van der Waals surface area contributed by atoms with Crippen LogP contribution < -0.4 is 5.32 Å². The molecule has 1 N–H and O–H groups in total. The zero-order valence-corrected chi connectivity index (χ0v) is 17.2. The Morgan fingerprint density at radius 2 is 1.83 bits per heavy atom. The van der Waals surface area contributed by atoms with Gasteiger partial charge in [-0.1, -0.05) is 42.5 Å². The molecule has 0 spiro atoms. The average molecular weight is 409 g/mol. The second kappa shape index (κ2) is 6.92. The van der Waals surface area contributed by atoms with Crippen LogP contribution in [0.1, 0.15) is 40.8 Å². The first-order valence-electron chi connectivity index (χ1n) is 10.3. The minimum Gasteiger partial charge on any atom is -0.373 e. The number of carbonyl (C=O) groups is 1. The van der Waals surface area contributed by atoms with Gasteiger partial charge in [-0.25, -0.2) is 0 Å². The summed E-state index contributed by atoms with van der Waals surface area (Å²) in [6, 6.07) is 22.8. The van der Waals surface area contributed by atoms with E-state index in [1.54, 1.807) is 11.3 Å². The van der Waals surface area contributed by atoms with Crippen molar-refractivity contribution in [3.8, 4) is 0 Å². The summed E-state index contributed by atoms with van der Waals surface area (Å²) in [6.07, 6.45) is 3.26. The molecule has 4 heteroatoms. The summed E-state index contributed by atoms with van der Waals surface area (Å²) < 4.78 is 0. The third kappa shape index (κ3) is 2.71. The van der Waals surface area contributed by atoms with E-state index in [-0.39, 0.29) is 17.7 Å². The molecule has 2 aliphatic rings. The lowest BCUT2D eigenvalue weighted by molar-refractivity contribution is -0.116. The van der Waals surface area contributed by atoms with Crippen molar-refractivity contribution in [1.29, 1.82) is 0 Å². The first kappa shape index (κ1) is 17.6. The highest BCUT2D eigenvalue weighted by atomic mass is 32.1. The quantitative estimate of drug-likeness (QED) is 0.419. The number of carbonyl (C=O) groups excluding carboxylic acids is 1. The molecule has 0 unspecified atom stereocenters. The van der Waals surface area contributed by atoms with Crippen LogP contribution in [0.25, 0.3) is 16.5 Å². The highest BCUT2D eigenvalue weighted by molar-refractivity contribution is 7.10.